The van der Waals surface area contributed by atoms with E-state index in [0.29, 0.717) is 29.1 Å². The molecule has 2 heterocycles. The lowest BCUT2D eigenvalue weighted by Gasteiger charge is -2.11. The van der Waals surface area contributed by atoms with Crippen molar-refractivity contribution in [3.63, 3.8) is 0 Å². The van der Waals surface area contributed by atoms with Gasteiger partial charge in [0.1, 0.15) is 29.3 Å². The van der Waals surface area contributed by atoms with Gasteiger partial charge in [-0.05, 0) is 29.8 Å². The molecule has 0 unspecified atom stereocenters. The summed E-state index contributed by atoms with van der Waals surface area (Å²) in [6.45, 7) is 0.295. The smallest absolute Gasteiger partial charge is 0.307 e. The zero-order valence-electron chi connectivity index (χ0n) is 17.5. The molecule has 0 radical (unpaired) electrons. The highest BCUT2D eigenvalue weighted by molar-refractivity contribution is 6.10. The fraction of sp³-hybridized carbons (Fsp3) is 0.0833. The number of benzene rings is 3. The van der Waals surface area contributed by atoms with Gasteiger partial charge in [0.05, 0.1) is 24.3 Å². The number of fused-ring (bicyclic) bond motifs is 3. The second kappa shape index (κ2) is 8.12. The number of carbonyl (C=O) groups is 1. The molecule has 9 nitrogen and oxygen atoms in total. The van der Waals surface area contributed by atoms with Crippen LogP contribution in [0, 0.1) is 10.1 Å². The normalized spacial score (nSPS) is 11.1. The van der Waals surface area contributed by atoms with Crippen LogP contribution < -0.4 is 10.1 Å². The number of rotatable bonds is 6. The number of anilines is 1. The molecule has 1 N–H and O–H groups in total. The molecule has 0 atom stereocenters. The van der Waals surface area contributed by atoms with Gasteiger partial charge in [0, 0.05) is 22.4 Å². The van der Waals surface area contributed by atoms with E-state index in [1.54, 1.807) is 31.4 Å². The number of nitro groups is 1. The number of carbonyl (C=O) groups excluding carboxylic acids is 1. The summed E-state index contributed by atoms with van der Waals surface area (Å²) in [5, 5.41) is 19.6. The molecule has 0 spiro atoms. The average Bonchev–Trinajstić information content (AvgIpc) is 3.43. The van der Waals surface area contributed by atoms with E-state index >= 15 is 0 Å². The van der Waals surface area contributed by atoms with Crippen LogP contribution in [0.5, 0.6) is 5.75 Å². The summed E-state index contributed by atoms with van der Waals surface area (Å²) < 4.78 is 12.9. The summed E-state index contributed by atoms with van der Waals surface area (Å²) in [5.74, 6) is 0.194. The Morgan fingerprint density at radius 2 is 1.97 bits per heavy atom. The maximum atomic E-state index is 13.0. The number of aromatic nitrogens is 2. The van der Waals surface area contributed by atoms with Crippen molar-refractivity contribution >= 4 is 39.2 Å². The molecular formula is C24H18N4O5. The van der Waals surface area contributed by atoms with Crippen LogP contribution in [0.3, 0.4) is 0 Å². The minimum absolute atomic E-state index is 0.0861. The van der Waals surface area contributed by atoms with Crippen molar-refractivity contribution in [2.45, 2.75) is 6.54 Å². The highest BCUT2D eigenvalue weighted by Gasteiger charge is 2.16. The van der Waals surface area contributed by atoms with Gasteiger partial charge in [-0.25, -0.2) is 0 Å². The minimum Gasteiger partial charge on any atom is -0.495 e. The molecule has 2 aromatic heterocycles. The third-order valence-electron chi connectivity index (χ3n) is 5.31. The summed E-state index contributed by atoms with van der Waals surface area (Å²) >= 11 is 0. The lowest BCUT2D eigenvalue weighted by molar-refractivity contribution is -0.385. The van der Waals surface area contributed by atoms with Crippen molar-refractivity contribution in [2.24, 2.45) is 0 Å². The molecule has 5 rings (SSSR count). The van der Waals surface area contributed by atoms with Crippen molar-refractivity contribution in [3.05, 3.63) is 94.3 Å². The third-order valence-corrected chi connectivity index (χ3v) is 5.31. The number of nitrogens with one attached hydrogen (secondary N) is 1. The molecule has 33 heavy (non-hydrogen) atoms. The SMILES string of the molecule is COc1cc2c(cc1NC(=O)c1cccc(Cn3cc([N+](=O)[O-])cn3)c1)oc1ccccc12. The first-order valence-corrected chi connectivity index (χ1v) is 10.1. The molecule has 3 aromatic carbocycles. The first-order valence-electron chi connectivity index (χ1n) is 10.1. The van der Waals surface area contributed by atoms with Gasteiger partial charge in [0.15, 0.2) is 0 Å². The fourth-order valence-electron chi connectivity index (χ4n) is 3.74. The maximum absolute atomic E-state index is 13.0. The Morgan fingerprint density at radius 1 is 1.12 bits per heavy atom. The zero-order valence-corrected chi connectivity index (χ0v) is 17.5. The Labute approximate surface area is 187 Å². The van der Waals surface area contributed by atoms with Crippen LogP contribution in [0.4, 0.5) is 11.4 Å². The zero-order chi connectivity index (χ0) is 22.9. The molecule has 0 aliphatic heterocycles. The summed E-state index contributed by atoms with van der Waals surface area (Å²) in [6, 6.07) is 18.3. The second-order valence-electron chi connectivity index (χ2n) is 7.45. The molecule has 5 aromatic rings. The Hall–Kier alpha value is -4.66. The molecule has 0 saturated carbocycles. The van der Waals surface area contributed by atoms with Gasteiger partial charge in [-0.3, -0.25) is 19.6 Å². The number of methoxy groups -OCH3 is 1. The quantitative estimate of drug-likeness (QED) is 0.292. The van der Waals surface area contributed by atoms with E-state index in [2.05, 4.69) is 10.4 Å². The number of para-hydroxylation sites is 1. The maximum Gasteiger partial charge on any atom is 0.307 e. The first-order chi connectivity index (χ1) is 16.0. The van der Waals surface area contributed by atoms with E-state index in [1.807, 2.05) is 36.4 Å². The molecule has 0 bridgehead atoms. The van der Waals surface area contributed by atoms with E-state index in [-0.39, 0.29) is 11.6 Å². The number of hydrogen-bond acceptors (Lipinski definition) is 6. The molecule has 9 heteroatoms. The summed E-state index contributed by atoms with van der Waals surface area (Å²) in [5.41, 5.74) is 3.01. The first kappa shape index (κ1) is 20.3. The highest BCUT2D eigenvalue weighted by atomic mass is 16.6. The van der Waals surface area contributed by atoms with Crippen molar-refractivity contribution in [2.75, 3.05) is 12.4 Å². The summed E-state index contributed by atoms with van der Waals surface area (Å²) in [7, 11) is 1.54. The van der Waals surface area contributed by atoms with Crippen molar-refractivity contribution < 1.29 is 18.9 Å². The van der Waals surface area contributed by atoms with Gasteiger partial charge in [-0.15, -0.1) is 0 Å². The molecule has 0 aliphatic carbocycles. The molecule has 164 valence electrons. The summed E-state index contributed by atoms with van der Waals surface area (Å²) in [4.78, 5) is 23.3. The topological polar surface area (TPSA) is 112 Å². The fourth-order valence-corrected chi connectivity index (χ4v) is 3.74. The van der Waals surface area contributed by atoms with Gasteiger partial charge in [0.25, 0.3) is 5.91 Å². The number of hydrogen-bond donors (Lipinski definition) is 1. The van der Waals surface area contributed by atoms with Crippen LogP contribution in [0.15, 0.2) is 77.5 Å². The number of amides is 1. The largest absolute Gasteiger partial charge is 0.495 e. The number of furan rings is 1. The number of nitrogens with zero attached hydrogens (tertiary/aromatic N) is 3. The van der Waals surface area contributed by atoms with Crippen LogP contribution in [-0.4, -0.2) is 27.7 Å². The molecule has 0 saturated heterocycles. The highest BCUT2D eigenvalue weighted by Crippen LogP contribution is 2.36. The van der Waals surface area contributed by atoms with Gasteiger partial charge >= 0.3 is 5.69 Å². The second-order valence-corrected chi connectivity index (χ2v) is 7.45. The van der Waals surface area contributed by atoms with E-state index < -0.39 is 4.92 Å². The molecule has 0 aliphatic rings. The number of ether oxygens (including phenoxy) is 1. The van der Waals surface area contributed by atoms with Gasteiger partial charge in [-0.1, -0.05) is 30.3 Å². The van der Waals surface area contributed by atoms with Crippen LogP contribution in [0.25, 0.3) is 21.9 Å². The van der Waals surface area contributed by atoms with Crippen LogP contribution >= 0.6 is 0 Å². The standard InChI is InChI=1S/C24H18N4O5/c1-32-23-10-19-18-7-2-3-8-21(18)33-22(19)11-20(23)26-24(29)16-6-4-5-15(9-16)13-27-14-17(12-25-27)28(30)31/h2-12,14H,13H2,1H3,(H,26,29). The Kier molecular flexibility index (Phi) is 4.98. The minimum atomic E-state index is -0.500. The lowest BCUT2D eigenvalue weighted by atomic mass is 10.1. The average molecular weight is 442 g/mol. The van der Waals surface area contributed by atoms with Gasteiger partial charge in [-0.2, -0.15) is 5.10 Å². The van der Waals surface area contributed by atoms with Gasteiger partial charge in [0.2, 0.25) is 0 Å². The lowest BCUT2D eigenvalue weighted by Crippen LogP contribution is -2.13. The van der Waals surface area contributed by atoms with E-state index in [9.17, 15) is 14.9 Å². The Balaban J connectivity index is 1.41. The van der Waals surface area contributed by atoms with Crippen LogP contribution in [-0.2, 0) is 6.54 Å². The Bertz CT molecular complexity index is 1520. The Morgan fingerprint density at radius 3 is 2.76 bits per heavy atom. The van der Waals surface area contributed by atoms with Crippen LogP contribution in [0.2, 0.25) is 0 Å². The van der Waals surface area contributed by atoms with Gasteiger partial charge < -0.3 is 14.5 Å². The van der Waals surface area contributed by atoms with E-state index in [0.717, 1.165) is 21.9 Å². The van der Waals surface area contributed by atoms with Crippen molar-refractivity contribution in [1.82, 2.24) is 9.78 Å². The monoisotopic (exact) mass is 442 g/mol. The van der Waals surface area contributed by atoms with Crippen molar-refractivity contribution in [1.29, 1.82) is 0 Å². The predicted molar refractivity (Wildman–Crippen MR) is 123 cm³/mol. The predicted octanol–water partition coefficient (Wildman–Crippen LogP) is 5.00. The van der Waals surface area contributed by atoms with Crippen LogP contribution in [0.1, 0.15) is 15.9 Å². The van der Waals surface area contributed by atoms with E-state index in [1.165, 1.54) is 17.1 Å². The molecule has 1 amide bonds. The van der Waals surface area contributed by atoms with E-state index in [4.69, 9.17) is 9.15 Å². The third kappa shape index (κ3) is 3.87. The molecular weight excluding hydrogens is 424 g/mol. The molecule has 0 fully saturated rings. The summed E-state index contributed by atoms with van der Waals surface area (Å²) in [6.07, 6.45) is 2.54. The van der Waals surface area contributed by atoms with Crippen molar-refractivity contribution in [3.8, 4) is 5.75 Å².